The number of carbonyl (C=O) groups is 2. The molecule has 1 aliphatic rings. The van der Waals surface area contributed by atoms with Crippen molar-refractivity contribution in [2.75, 3.05) is 11.9 Å². The van der Waals surface area contributed by atoms with Crippen molar-refractivity contribution in [1.82, 2.24) is 5.32 Å². The summed E-state index contributed by atoms with van der Waals surface area (Å²) in [7, 11) is 0. The number of Topliss-reactive ketones (excluding diaryl/α,β-unsaturated/α-hetero) is 1. The molecule has 4 nitrogen and oxygen atoms in total. The molecule has 0 heterocycles. The summed E-state index contributed by atoms with van der Waals surface area (Å²) < 4.78 is 0. The molecule has 1 aromatic carbocycles. The molecule has 1 aromatic rings. The largest absolute Gasteiger partial charge is 0.325 e. The van der Waals surface area contributed by atoms with Gasteiger partial charge in [-0.1, -0.05) is 37.8 Å². The molecule has 2 rings (SSSR count). The van der Waals surface area contributed by atoms with Gasteiger partial charge in [0.2, 0.25) is 5.91 Å². The van der Waals surface area contributed by atoms with Crippen LogP contribution < -0.4 is 10.6 Å². The molecule has 21 heavy (non-hydrogen) atoms. The van der Waals surface area contributed by atoms with Crippen LogP contribution in [-0.2, 0) is 4.79 Å². The highest BCUT2D eigenvalue weighted by atomic mass is 16.2. The summed E-state index contributed by atoms with van der Waals surface area (Å²) in [6.45, 7) is 1.85. The molecule has 0 radical (unpaired) electrons. The molecular weight excluding hydrogens is 264 g/mol. The number of carbonyl (C=O) groups excluding carboxylic acids is 2. The zero-order valence-electron chi connectivity index (χ0n) is 12.7. The van der Waals surface area contributed by atoms with Gasteiger partial charge in [-0.2, -0.15) is 0 Å². The summed E-state index contributed by atoms with van der Waals surface area (Å²) in [6.07, 6.45) is 7.44. The van der Waals surface area contributed by atoms with Crippen molar-refractivity contribution < 1.29 is 9.59 Å². The fourth-order valence-electron chi connectivity index (χ4n) is 2.74. The molecule has 1 amide bonds. The normalized spacial score (nSPS) is 16.2. The number of benzene rings is 1. The van der Waals surface area contributed by atoms with E-state index in [1.807, 2.05) is 0 Å². The van der Waals surface area contributed by atoms with Gasteiger partial charge in [0.25, 0.3) is 0 Å². The molecule has 0 spiro atoms. The second kappa shape index (κ2) is 7.93. The molecule has 4 heteroatoms. The predicted molar refractivity (Wildman–Crippen MR) is 84.6 cm³/mol. The lowest BCUT2D eigenvalue weighted by molar-refractivity contribution is -0.115. The van der Waals surface area contributed by atoms with E-state index >= 15 is 0 Å². The number of anilines is 1. The average molecular weight is 288 g/mol. The maximum atomic E-state index is 12.0. The fraction of sp³-hybridized carbons (Fsp3) is 0.529. The van der Waals surface area contributed by atoms with Crippen LogP contribution in [0, 0.1) is 0 Å². The molecule has 2 N–H and O–H groups in total. The monoisotopic (exact) mass is 288 g/mol. The lowest BCUT2D eigenvalue weighted by Crippen LogP contribution is -2.35. The van der Waals surface area contributed by atoms with Crippen LogP contribution in [0.15, 0.2) is 24.3 Å². The first-order valence-corrected chi connectivity index (χ1v) is 7.79. The maximum absolute atomic E-state index is 12.0. The van der Waals surface area contributed by atoms with Crippen LogP contribution in [0.3, 0.4) is 0 Å². The van der Waals surface area contributed by atoms with Crippen molar-refractivity contribution in [3.05, 3.63) is 29.8 Å². The molecular formula is C17H24N2O2. The van der Waals surface area contributed by atoms with Crippen LogP contribution in [0.5, 0.6) is 0 Å². The Bertz CT molecular complexity index is 491. The highest BCUT2D eigenvalue weighted by Gasteiger charge is 2.13. The minimum Gasteiger partial charge on any atom is -0.325 e. The number of hydrogen-bond donors (Lipinski definition) is 2. The summed E-state index contributed by atoms with van der Waals surface area (Å²) in [6, 6.07) is 7.51. The Hall–Kier alpha value is -1.68. The highest BCUT2D eigenvalue weighted by molar-refractivity contribution is 5.97. The molecule has 0 aromatic heterocycles. The van der Waals surface area contributed by atoms with Gasteiger partial charge in [-0.25, -0.2) is 0 Å². The van der Waals surface area contributed by atoms with Crippen LogP contribution >= 0.6 is 0 Å². The van der Waals surface area contributed by atoms with E-state index < -0.39 is 0 Å². The van der Waals surface area contributed by atoms with E-state index in [-0.39, 0.29) is 11.7 Å². The van der Waals surface area contributed by atoms with Crippen molar-refractivity contribution in [3.63, 3.8) is 0 Å². The van der Waals surface area contributed by atoms with Gasteiger partial charge in [0, 0.05) is 17.3 Å². The fourth-order valence-corrected chi connectivity index (χ4v) is 2.74. The highest BCUT2D eigenvalue weighted by Crippen LogP contribution is 2.17. The first-order valence-electron chi connectivity index (χ1n) is 7.79. The molecule has 0 aliphatic heterocycles. The molecule has 1 saturated carbocycles. The Morgan fingerprint density at radius 3 is 2.52 bits per heavy atom. The summed E-state index contributed by atoms with van der Waals surface area (Å²) in [4.78, 5) is 23.3. The van der Waals surface area contributed by atoms with Gasteiger partial charge >= 0.3 is 0 Å². The van der Waals surface area contributed by atoms with Crippen LogP contribution in [0.4, 0.5) is 5.69 Å². The third kappa shape index (κ3) is 5.31. The van der Waals surface area contributed by atoms with Gasteiger partial charge in [-0.15, -0.1) is 0 Å². The van der Waals surface area contributed by atoms with Gasteiger partial charge in [0.1, 0.15) is 0 Å². The van der Waals surface area contributed by atoms with E-state index in [9.17, 15) is 9.59 Å². The predicted octanol–water partition coefficient (Wildman–Crippen LogP) is 3.14. The molecule has 0 bridgehead atoms. The van der Waals surface area contributed by atoms with Gasteiger partial charge in [0.05, 0.1) is 6.54 Å². The molecule has 1 fully saturated rings. The van der Waals surface area contributed by atoms with Gasteiger partial charge in [-0.3, -0.25) is 9.59 Å². The summed E-state index contributed by atoms with van der Waals surface area (Å²) in [5, 5.41) is 6.18. The standard InChI is InChI=1S/C17H24N2O2/c1-13(20)14-7-6-10-16(11-14)19-17(21)12-18-15-8-4-2-3-5-9-15/h6-7,10-11,15,18H,2-5,8-9,12H2,1H3,(H,19,21). The van der Waals surface area contributed by atoms with E-state index in [1.165, 1.54) is 32.6 Å². The molecule has 0 atom stereocenters. The lowest BCUT2D eigenvalue weighted by Gasteiger charge is -2.16. The van der Waals surface area contributed by atoms with E-state index in [0.717, 1.165) is 12.8 Å². The summed E-state index contributed by atoms with van der Waals surface area (Å²) >= 11 is 0. The van der Waals surface area contributed by atoms with Crippen LogP contribution in [-0.4, -0.2) is 24.3 Å². The Morgan fingerprint density at radius 2 is 1.86 bits per heavy atom. The molecule has 0 saturated heterocycles. The van der Waals surface area contributed by atoms with E-state index in [1.54, 1.807) is 24.3 Å². The Labute approximate surface area is 126 Å². The second-order valence-corrected chi connectivity index (χ2v) is 5.75. The third-order valence-electron chi connectivity index (χ3n) is 3.96. The van der Waals surface area contributed by atoms with E-state index in [0.29, 0.717) is 23.8 Å². The third-order valence-corrected chi connectivity index (χ3v) is 3.96. The van der Waals surface area contributed by atoms with Crippen molar-refractivity contribution in [2.24, 2.45) is 0 Å². The first-order chi connectivity index (χ1) is 10.1. The topological polar surface area (TPSA) is 58.2 Å². The van der Waals surface area contributed by atoms with Gasteiger partial charge in [0.15, 0.2) is 5.78 Å². The number of rotatable bonds is 5. The quantitative estimate of drug-likeness (QED) is 0.646. The lowest BCUT2D eigenvalue weighted by atomic mass is 10.1. The second-order valence-electron chi connectivity index (χ2n) is 5.75. The number of ketones is 1. The zero-order chi connectivity index (χ0) is 15.1. The minimum atomic E-state index is -0.0556. The maximum Gasteiger partial charge on any atom is 0.238 e. The van der Waals surface area contributed by atoms with E-state index in [2.05, 4.69) is 10.6 Å². The Balaban J connectivity index is 1.81. The van der Waals surface area contributed by atoms with Gasteiger partial charge < -0.3 is 10.6 Å². The van der Waals surface area contributed by atoms with Gasteiger partial charge in [-0.05, 0) is 31.9 Å². The smallest absolute Gasteiger partial charge is 0.238 e. The van der Waals surface area contributed by atoms with Crippen LogP contribution in [0.25, 0.3) is 0 Å². The number of amides is 1. The summed E-state index contributed by atoms with van der Waals surface area (Å²) in [5.74, 6) is -0.0531. The summed E-state index contributed by atoms with van der Waals surface area (Å²) in [5.41, 5.74) is 1.29. The first kappa shape index (κ1) is 15.7. The van der Waals surface area contributed by atoms with Crippen LogP contribution in [0.1, 0.15) is 55.8 Å². The Morgan fingerprint density at radius 1 is 1.14 bits per heavy atom. The zero-order valence-corrected chi connectivity index (χ0v) is 12.7. The minimum absolute atomic E-state index is 0.00248. The van der Waals surface area contributed by atoms with E-state index in [4.69, 9.17) is 0 Å². The van der Waals surface area contributed by atoms with Crippen molar-refractivity contribution in [1.29, 1.82) is 0 Å². The van der Waals surface area contributed by atoms with Crippen molar-refractivity contribution in [2.45, 2.75) is 51.5 Å². The van der Waals surface area contributed by atoms with Crippen molar-refractivity contribution in [3.8, 4) is 0 Å². The average Bonchev–Trinajstić information content (AvgIpc) is 2.74. The SMILES string of the molecule is CC(=O)c1cccc(NC(=O)CNC2CCCCCC2)c1. The molecule has 0 unspecified atom stereocenters. The number of nitrogens with one attached hydrogen (secondary N) is 2. The Kier molecular flexibility index (Phi) is 5.93. The molecule has 114 valence electrons. The number of hydrogen-bond acceptors (Lipinski definition) is 3. The van der Waals surface area contributed by atoms with Crippen LogP contribution in [0.2, 0.25) is 0 Å². The molecule has 1 aliphatic carbocycles. The van der Waals surface area contributed by atoms with Crippen molar-refractivity contribution >= 4 is 17.4 Å².